The Kier molecular flexibility index (Phi) is 3.99. The lowest BCUT2D eigenvalue weighted by molar-refractivity contribution is 0.00767. The monoisotopic (exact) mass is 273 g/mol. The van der Waals surface area contributed by atoms with Crippen LogP contribution in [0.1, 0.15) is 37.2 Å². The van der Waals surface area contributed by atoms with Crippen LogP contribution in [0.5, 0.6) is 0 Å². The standard InChI is InChI=1S/C13H17Cl2NO/c14-11-2-1-10(7-12(11)15)9-3-5-13(17,8-16)6-4-9/h1-2,7,9,17H,3-6,8,16H2. The van der Waals surface area contributed by atoms with E-state index in [1.165, 1.54) is 5.56 Å². The van der Waals surface area contributed by atoms with Crippen LogP contribution in [0.2, 0.25) is 10.0 Å². The van der Waals surface area contributed by atoms with Gasteiger partial charge in [0.1, 0.15) is 0 Å². The zero-order valence-corrected chi connectivity index (χ0v) is 11.1. The molecule has 1 saturated carbocycles. The molecule has 4 heteroatoms. The van der Waals surface area contributed by atoms with Crippen molar-refractivity contribution < 1.29 is 5.11 Å². The van der Waals surface area contributed by atoms with E-state index in [1.807, 2.05) is 18.2 Å². The summed E-state index contributed by atoms with van der Waals surface area (Å²) in [6.07, 6.45) is 3.42. The Morgan fingerprint density at radius 1 is 1.24 bits per heavy atom. The van der Waals surface area contributed by atoms with Gasteiger partial charge in [-0.3, -0.25) is 0 Å². The van der Waals surface area contributed by atoms with Gasteiger partial charge in [0.2, 0.25) is 0 Å². The van der Waals surface area contributed by atoms with Crippen molar-refractivity contribution in [2.45, 2.75) is 37.2 Å². The Hall–Kier alpha value is -0.280. The quantitative estimate of drug-likeness (QED) is 0.868. The third kappa shape index (κ3) is 2.94. The highest BCUT2D eigenvalue weighted by atomic mass is 35.5. The summed E-state index contributed by atoms with van der Waals surface area (Å²) in [6.45, 7) is 0.348. The van der Waals surface area contributed by atoms with E-state index in [1.54, 1.807) is 0 Å². The smallest absolute Gasteiger partial charge is 0.0769 e. The van der Waals surface area contributed by atoms with Gasteiger partial charge in [-0.1, -0.05) is 29.3 Å². The number of aliphatic hydroxyl groups is 1. The van der Waals surface area contributed by atoms with Crippen molar-refractivity contribution >= 4 is 23.2 Å². The van der Waals surface area contributed by atoms with Crippen molar-refractivity contribution in [2.75, 3.05) is 6.54 Å². The summed E-state index contributed by atoms with van der Waals surface area (Å²) in [7, 11) is 0. The molecule has 94 valence electrons. The van der Waals surface area contributed by atoms with Gasteiger partial charge in [-0.25, -0.2) is 0 Å². The lowest BCUT2D eigenvalue weighted by atomic mass is 9.76. The summed E-state index contributed by atoms with van der Waals surface area (Å²) in [5.74, 6) is 0.455. The minimum Gasteiger partial charge on any atom is -0.389 e. The third-order valence-corrected chi connectivity index (χ3v) is 4.45. The lowest BCUT2D eigenvalue weighted by Crippen LogP contribution is -2.40. The zero-order chi connectivity index (χ0) is 12.5. The third-order valence-electron chi connectivity index (χ3n) is 3.71. The summed E-state index contributed by atoms with van der Waals surface area (Å²) < 4.78 is 0. The highest BCUT2D eigenvalue weighted by Gasteiger charge is 2.32. The fraction of sp³-hybridized carbons (Fsp3) is 0.538. The summed E-state index contributed by atoms with van der Waals surface area (Å²) in [5, 5.41) is 11.3. The van der Waals surface area contributed by atoms with Crippen molar-refractivity contribution in [3.8, 4) is 0 Å². The molecular formula is C13H17Cl2NO. The van der Waals surface area contributed by atoms with E-state index in [-0.39, 0.29) is 0 Å². The van der Waals surface area contributed by atoms with Crippen molar-refractivity contribution in [3.05, 3.63) is 33.8 Å². The van der Waals surface area contributed by atoms with E-state index in [0.717, 1.165) is 25.7 Å². The normalized spacial score (nSPS) is 29.3. The van der Waals surface area contributed by atoms with Gasteiger partial charge in [0.15, 0.2) is 0 Å². The number of benzene rings is 1. The second kappa shape index (κ2) is 5.15. The molecule has 1 aliphatic rings. The molecule has 1 aromatic rings. The van der Waals surface area contributed by atoms with E-state index in [2.05, 4.69) is 0 Å². The second-order valence-electron chi connectivity index (χ2n) is 4.88. The van der Waals surface area contributed by atoms with Crippen LogP contribution in [0.25, 0.3) is 0 Å². The van der Waals surface area contributed by atoms with Gasteiger partial charge in [0, 0.05) is 6.54 Å². The van der Waals surface area contributed by atoms with Crippen LogP contribution in [-0.4, -0.2) is 17.3 Å². The molecule has 17 heavy (non-hydrogen) atoms. The van der Waals surface area contributed by atoms with Gasteiger partial charge in [-0.2, -0.15) is 0 Å². The number of halogens is 2. The van der Waals surface area contributed by atoms with Gasteiger partial charge >= 0.3 is 0 Å². The van der Waals surface area contributed by atoms with Crippen LogP contribution in [0.3, 0.4) is 0 Å². The molecule has 0 heterocycles. The largest absolute Gasteiger partial charge is 0.389 e. The average Bonchev–Trinajstić information content (AvgIpc) is 2.34. The Morgan fingerprint density at radius 2 is 1.88 bits per heavy atom. The molecule has 0 aromatic heterocycles. The first-order valence-electron chi connectivity index (χ1n) is 5.91. The lowest BCUT2D eigenvalue weighted by Gasteiger charge is -2.35. The molecule has 1 aliphatic carbocycles. The van der Waals surface area contributed by atoms with E-state index in [0.29, 0.717) is 22.5 Å². The maximum absolute atomic E-state index is 10.1. The number of hydrogen-bond donors (Lipinski definition) is 2. The van der Waals surface area contributed by atoms with Crippen LogP contribution >= 0.6 is 23.2 Å². The predicted octanol–water partition coefficient (Wildman–Crippen LogP) is 3.34. The van der Waals surface area contributed by atoms with Crippen LogP contribution in [0, 0.1) is 0 Å². The molecule has 0 bridgehead atoms. The van der Waals surface area contributed by atoms with Crippen LogP contribution < -0.4 is 5.73 Å². The van der Waals surface area contributed by atoms with Gasteiger partial charge < -0.3 is 10.8 Å². The Morgan fingerprint density at radius 3 is 2.41 bits per heavy atom. The fourth-order valence-corrected chi connectivity index (χ4v) is 2.77. The molecule has 0 unspecified atom stereocenters. The minimum absolute atomic E-state index is 0.348. The first-order chi connectivity index (χ1) is 8.04. The maximum Gasteiger partial charge on any atom is 0.0769 e. The fourth-order valence-electron chi connectivity index (χ4n) is 2.46. The predicted molar refractivity (Wildman–Crippen MR) is 71.7 cm³/mol. The highest BCUT2D eigenvalue weighted by Crippen LogP contribution is 2.38. The van der Waals surface area contributed by atoms with E-state index >= 15 is 0 Å². The van der Waals surface area contributed by atoms with Gasteiger partial charge in [0.25, 0.3) is 0 Å². The molecule has 2 nitrogen and oxygen atoms in total. The number of nitrogens with two attached hydrogens (primary N) is 1. The Labute approximate surface area is 112 Å². The molecule has 0 radical (unpaired) electrons. The summed E-state index contributed by atoms with van der Waals surface area (Å²) >= 11 is 11.9. The van der Waals surface area contributed by atoms with Crippen LogP contribution in [0.4, 0.5) is 0 Å². The van der Waals surface area contributed by atoms with Crippen molar-refractivity contribution in [2.24, 2.45) is 5.73 Å². The van der Waals surface area contributed by atoms with Crippen molar-refractivity contribution in [1.82, 2.24) is 0 Å². The molecule has 0 amide bonds. The van der Waals surface area contributed by atoms with Gasteiger partial charge in [-0.15, -0.1) is 0 Å². The number of hydrogen-bond acceptors (Lipinski definition) is 2. The second-order valence-corrected chi connectivity index (χ2v) is 5.69. The summed E-state index contributed by atoms with van der Waals surface area (Å²) in [5.41, 5.74) is 6.12. The first-order valence-corrected chi connectivity index (χ1v) is 6.67. The first kappa shape index (κ1) is 13.2. The van der Waals surface area contributed by atoms with E-state index < -0.39 is 5.60 Å². The molecule has 0 atom stereocenters. The summed E-state index contributed by atoms with van der Waals surface area (Å²) in [6, 6.07) is 5.79. The molecule has 1 fully saturated rings. The Balaban J connectivity index is 2.08. The average molecular weight is 274 g/mol. The summed E-state index contributed by atoms with van der Waals surface area (Å²) in [4.78, 5) is 0. The topological polar surface area (TPSA) is 46.2 Å². The molecule has 0 saturated heterocycles. The van der Waals surface area contributed by atoms with Crippen molar-refractivity contribution in [3.63, 3.8) is 0 Å². The molecular weight excluding hydrogens is 257 g/mol. The molecule has 1 aromatic carbocycles. The minimum atomic E-state index is -0.660. The van der Waals surface area contributed by atoms with Crippen LogP contribution in [0.15, 0.2) is 18.2 Å². The van der Waals surface area contributed by atoms with Crippen molar-refractivity contribution in [1.29, 1.82) is 0 Å². The van der Waals surface area contributed by atoms with Crippen LogP contribution in [-0.2, 0) is 0 Å². The van der Waals surface area contributed by atoms with Gasteiger partial charge in [-0.05, 0) is 49.3 Å². The van der Waals surface area contributed by atoms with E-state index in [9.17, 15) is 5.11 Å². The molecule has 3 N–H and O–H groups in total. The zero-order valence-electron chi connectivity index (χ0n) is 9.63. The van der Waals surface area contributed by atoms with Gasteiger partial charge in [0.05, 0.1) is 15.6 Å². The number of rotatable bonds is 2. The highest BCUT2D eigenvalue weighted by molar-refractivity contribution is 6.42. The molecule has 0 spiro atoms. The molecule has 0 aliphatic heterocycles. The Bertz CT molecular complexity index is 400. The van der Waals surface area contributed by atoms with E-state index in [4.69, 9.17) is 28.9 Å². The molecule has 2 rings (SSSR count). The maximum atomic E-state index is 10.1. The SMILES string of the molecule is NCC1(O)CCC(c2ccc(Cl)c(Cl)c2)CC1.